The normalized spacial score (nSPS) is 13.8. The van der Waals surface area contributed by atoms with Crippen molar-refractivity contribution >= 4 is 40.5 Å². The summed E-state index contributed by atoms with van der Waals surface area (Å²) in [5.41, 5.74) is 9.53. The van der Waals surface area contributed by atoms with Gasteiger partial charge in [-0.2, -0.15) is 0 Å². The second-order valence-electron chi connectivity index (χ2n) is 13.4. The average molecular weight is 749 g/mol. The number of hydrogen-bond donors (Lipinski definition) is 9. The van der Waals surface area contributed by atoms with Gasteiger partial charge in [-0.25, -0.2) is 4.79 Å². The first kappa shape index (κ1) is 39.5. The number of H-pyrrole nitrogens is 1. The minimum absolute atomic E-state index is 0.0109. The highest BCUT2D eigenvalue weighted by atomic mass is 16.4. The third-order valence-electron chi connectivity index (χ3n) is 9.12. The number of phenols is 2. The van der Waals surface area contributed by atoms with Crippen molar-refractivity contribution in [2.75, 3.05) is 0 Å². The predicted molar refractivity (Wildman–Crippen MR) is 205 cm³/mol. The van der Waals surface area contributed by atoms with E-state index in [4.69, 9.17) is 5.73 Å². The van der Waals surface area contributed by atoms with E-state index < -0.39 is 59.8 Å². The fourth-order valence-corrected chi connectivity index (χ4v) is 6.06. The molecule has 0 unspecified atom stereocenters. The van der Waals surface area contributed by atoms with Gasteiger partial charge in [0.1, 0.15) is 35.7 Å². The highest BCUT2D eigenvalue weighted by Crippen LogP contribution is 2.20. The lowest BCUT2D eigenvalue weighted by atomic mass is 10.0. The van der Waals surface area contributed by atoms with Crippen LogP contribution in [-0.2, 0) is 49.7 Å². The van der Waals surface area contributed by atoms with Gasteiger partial charge in [0.25, 0.3) is 0 Å². The van der Waals surface area contributed by atoms with Gasteiger partial charge in [-0.1, -0.05) is 72.8 Å². The number of aromatic nitrogens is 1. The Morgan fingerprint density at radius 3 is 1.64 bits per heavy atom. The van der Waals surface area contributed by atoms with Crippen LogP contribution >= 0.6 is 0 Å². The summed E-state index contributed by atoms with van der Waals surface area (Å²) in [5.74, 6) is -4.16. The number of rotatable bonds is 17. The van der Waals surface area contributed by atoms with Gasteiger partial charge in [-0.15, -0.1) is 0 Å². The van der Waals surface area contributed by atoms with Crippen LogP contribution in [0.2, 0.25) is 0 Å². The first-order valence-electron chi connectivity index (χ1n) is 17.7. The second kappa shape index (κ2) is 18.4. The summed E-state index contributed by atoms with van der Waals surface area (Å²) in [7, 11) is 0. The number of nitrogens with two attached hydrogens (primary N) is 1. The predicted octanol–water partition coefficient (Wildman–Crippen LogP) is 2.22. The Morgan fingerprint density at radius 2 is 1.07 bits per heavy atom. The Labute approximate surface area is 317 Å². The Hall–Kier alpha value is -6.67. The number of carboxylic acids is 1. The molecule has 4 aromatic carbocycles. The highest BCUT2D eigenvalue weighted by Gasteiger charge is 2.32. The van der Waals surface area contributed by atoms with Gasteiger partial charge in [-0.3, -0.25) is 19.2 Å². The zero-order valence-electron chi connectivity index (χ0n) is 30.1. The maximum Gasteiger partial charge on any atom is 0.326 e. The molecule has 5 rings (SSSR count). The molecule has 0 aliphatic carbocycles. The van der Waals surface area contributed by atoms with E-state index in [1.54, 1.807) is 30.5 Å². The van der Waals surface area contributed by atoms with Crippen molar-refractivity contribution in [1.29, 1.82) is 0 Å². The van der Waals surface area contributed by atoms with Crippen molar-refractivity contribution in [3.8, 4) is 11.5 Å². The summed E-state index contributed by atoms with van der Waals surface area (Å²) in [6.45, 7) is 1.44. The summed E-state index contributed by atoms with van der Waals surface area (Å²) >= 11 is 0. The van der Waals surface area contributed by atoms with Crippen LogP contribution in [0.4, 0.5) is 0 Å². The number of nitrogens with one attached hydrogen (secondary N) is 5. The Balaban J connectivity index is 1.34. The monoisotopic (exact) mass is 748 g/mol. The SMILES string of the molecule is C[C@H](NC(=O)[C@@H](N)Cc1ccccc1)C(=O)N[C@@H](Cc1ccc(O)cc1)C(=O)N[C@@H](Cc1ccc(O)cc1)C(=O)N[C@@H](Cc1c[nH]c2ccccc12)C(=O)O. The molecule has 0 radical (unpaired) electrons. The molecule has 0 saturated carbocycles. The van der Waals surface area contributed by atoms with Crippen LogP contribution in [0, 0.1) is 0 Å². The second-order valence-corrected chi connectivity index (χ2v) is 13.4. The number of benzene rings is 4. The zero-order valence-corrected chi connectivity index (χ0v) is 30.1. The first-order chi connectivity index (χ1) is 26.4. The molecule has 14 heteroatoms. The number of phenolic OH excluding ortho intramolecular Hbond substituents is 2. The molecule has 0 bridgehead atoms. The highest BCUT2D eigenvalue weighted by molar-refractivity contribution is 5.96. The lowest BCUT2D eigenvalue weighted by Gasteiger charge is -2.26. The molecule has 5 atom stereocenters. The van der Waals surface area contributed by atoms with Crippen molar-refractivity contribution in [3.05, 3.63) is 132 Å². The van der Waals surface area contributed by atoms with Crippen LogP contribution in [0.3, 0.4) is 0 Å². The summed E-state index contributed by atoms with van der Waals surface area (Å²) in [4.78, 5) is 69.9. The van der Waals surface area contributed by atoms with E-state index in [-0.39, 0.29) is 37.2 Å². The van der Waals surface area contributed by atoms with E-state index in [1.165, 1.54) is 31.2 Å². The molecule has 1 heterocycles. The van der Waals surface area contributed by atoms with Gasteiger partial charge >= 0.3 is 5.97 Å². The molecule has 0 aliphatic heterocycles. The lowest BCUT2D eigenvalue weighted by molar-refractivity contribution is -0.142. The van der Waals surface area contributed by atoms with Crippen molar-refractivity contribution in [1.82, 2.24) is 26.3 Å². The van der Waals surface area contributed by atoms with Crippen LogP contribution in [0.25, 0.3) is 10.9 Å². The molecule has 0 spiro atoms. The first-order valence-corrected chi connectivity index (χ1v) is 17.7. The van der Waals surface area contributed by atoms with E-state index in [0.717, 1.165) is 16.5 Å². The fraction of sp³-hybridized carbons (Fsp3) is 0.244. The standard InChI is InChI=1S/C41H44N6O8/c1-24(44-38(51)32(42)19-25-7-3-2-4-8-25)37(50)45-34(20-26-11-15-29(48)16-12-26)39(52)46-35(21-27-13-17-30(49)18-14-27)40(53)47-36(41(54)55)22-28-23-43-33-10-6-5-9-31(28)33/h2-18,23-24,32,34-36,43,48-49H,19-22,42H2,1H3,(H,44,51)(H,45,50)(H,46,52)(H,47,53)(H,54,55)/t24-,32-,34-,35-,36-/m0/s1. The van der Waals surface area contributed by atoms with E-state index in [2.05, 4.69) is 26.3 Å². The van der Waals surface area contributed by atoms with Gasteiger partial charge in [-0.05, 0) is 65.9 Å². The maximum absolute atomic E-state index is 14.1. The molecule has 286 valence electrons. The van der Waals surface area contributed by atoms with Crippen molar-refractivity contribution < 1.29 is 39.3 Å². The maximum atomic E-state index is 14.1. The number of aromatic hydroxyl groups is 2. The number of carboxylic acid groups (broad SMARTS) is 1. The smallest absolute Gasteiger partial charge is 0.326 e. The molecule has 0 fully saturated rings. The molecular weight excluding hydrogens is 704 g/mol. The van der Waals surface area contributed by atoms with Gasteiger partial charge < -0.3 is 47.3 Å². The quantitative estimate of drug-likeness (QED) is 0.0677. The van der Waals surface area contributed by atoms with Gasteiger partial charge in [0, 0.05) is 36.4 Å². The molecule has 14 nitrogen and oxygen atoms in total. The third kappa shape index (κ3) is 11.2. The van der Waals surface area contributed by atoms with Crippen molar-refractivity contribution in [2.45, 2.75) is 62.8 Å². The number of aromatic amines is 1. The molecule has 5 aromatic rings. The van der Waals surface area contributed by atoms with Crippen LogP contribution in [0.5, 0.6) is 11.5 Å². The lowest BCUT2D eigenvalue weighted by Crippen LogP contribution is -2.59. The number of para-hydroxylation sites is 1. The number of fused-ring (bicyclic) bond motifs is 1. The van der Waals surface area contributed by atoms with Gasteiger partial charge in [0.15, 0.2) is 0 Å². The van der Waals surface area contributed by atoms with E-state index in [9.17, 15) is 39.3 Å². The minimum Gasteiger partial charge on any atom is -0.508 e. The van der Waals surface area contributed by atoms with E-state index in [0.29, 0.717) is 16.7 Å². The van der Waals surface area contributed by atoms with Crippen LogP contribution in [0.15, 0.2) is 109 Å². The molecule has 4 amide bonds. The topological polar surface area (TPSA) is 236 Å². The largest absolute Gasteiger partial charge is 0.508 e. The Kier molecular flexibility index (Phi) is 13.2. The molecule has 55 heavy (non-hydrogen) atoms. The van der Waals surface area contributed by atoms with Gasteiger partial charge in [0.05, 0.1) is 6.04 Å². The van der Waals surface area contributed by atoms with Crippen molar-refractivity contribution in [3.63, 3.8) is 0 Å². The summed E-state index contributed by atoms with van der Waals surface area (Å²) in [6.07, 6.45) is 1.70. The zero-order chi connectivity index (χ0) is 39.5. The van der Waals surface area contributed by atoms with E-state index in [1.807, 2.05) is 54.6 Å². The van der Waals surface area contributed by atoms with Gasteiger partial charge in [0.2, 0.25) is 23.6 Å². The average Bonchev–Trinajstić information content (AvgIpc) is 3.58. The van der Waals surface area contributed by atoms with Crippen LogP contribution in [0.1, 0.15) is 29.2 Å². The number of hydrogen-bond acceptors (Lipinski definition) is 8. The molecular formula is C41H44N6O8. The Morgan fingerprint density at radius 1 is 0.582 bits per heavy atom. The minimum atomic E-state index is -1.36. The molecule has 1 aromatic heterocycles. The van der Waals surface area contributed by atoms with Crippen LogP contribution in [-0.4, -0.2) is 80.1 Å². The fourth-order valence-electron chi connectivity index (χ4n) is 6.06. The summed E-state index contributed by atoms with van der Waals surface area (Å²) in [5, 5.41) is 41.1. The summed E-state index contributed by atoms with van der Waals surface area (Å²) in [6, 6.07) is 22.4. The number of carbonyl (C=O) groups excluding carboxylic acids is 4. The number of carbonyl (C=O) groups is 5. The number of aliphatic carboxylic acids is 1. The molecule has 0 aliphatic rings. The van der Waals surface area contributed by atoms with E-state index >= 15 is 0 Å². The van der Waals surface area contributed by atoms with Crippen molar-refractivity contribution in [2.24, 2.45) is 5.73 Å². The number of amides is 4. The third-order valence-corrected chi connectivity index (χ3v) is 9.12. The summed E-state index contributed by atoms with van der Waals surface area (Å²) < 4.78 is 0. The van der Waals surface area contributed by atoms with Crippen LogP contribution < -0.4 is 27.0 Å². The Bertz CT molecular complexity index is 2100. The molecule has 10 N–H and O–H groups in total. The molecule has 0 saturated heterocycles.